The molecule has 0 atom stereocenters. The molecule has 4 rings (SSSR count). The van der Waals surface area contributed by atoms with Crippen LogP contribution in [-0.4, -0.2) is 10.9 Å². The fourth-order valence-electron chi connectivity index (χ4n) is 2.80. The summed E-state index contributed by atoms with van der Waals surface area (Å²) < 4.78 is 1.18. The number of aromatic amines is 1. The molecule has 98 valence electrons. The monoisotopic (exact) mass is 374 g/mol. The molecule has 3 nitrogen and oxygen atoms in total. The number of amides is 1. The van der Waals surface area contributed by atoms with Gasteiger partial charge in [-0.05, 0) is 52.4 Å². The van der Waals surface area contributed by atoms with Crippen LogP contribution in [0, 0.1) is 3.57 Å². The van der Waals surface area contributed by atoms with Gasteiger partial charge in [0.2, 0.25) is 5.91 Å². The summed E-state index contributed by atoms with van der Waals surface area (Å²) in [6, 6.07) is 14.2. The lowest BCUT2D eigenvalue weighted by Gasteiger charge is -2.05. The second kappa shape index (κ2) is 4.34. The van der Waals surface area contributed by atoms with Crippen molar-refractivity contribution in [2.75, 3.05) is 5.32 Å². The molecule has 1 amide bonds. The maximum atomic E-state index is 12.1. The highest BCUT2D eigenvalue weighted by Crippen LogP contribution is 2.37. The second-order valence-electron chi connectivity index (χ2n) is 4.94. The summed E-state index contributed by atoms with van der Waals surface area (Å²) >= 11 is 2.30. The molecule has 0 unspecified atom stereocenters. The van der Waals surface area contributed by atoms with Crippen LogP contribution in [0.15, 0.2) is 42.5 Å². The minimum Gasteiger partial charge on any atom is -0.354 e. The van der Waals surface area contributed by atoms with E-state index in [4.69, 9.17) is 0 Å². The molecule has 0 bridgehead atoms. The van der Waals surface area contributed by atoms with Crippen molar-refractivity contribution in [2.24, 2.45) is 0 Å². The molecule has 4 heteroatoms. The molecule has 0 radical (unpaired) electrons. The number of anilines is 1. The Morgan fingerprint density at radius 1 is 1.10 bits per heavy atom. The van der Waals surface area contributed by atoms with Crippen molar-refractivity contribution in [3.8, 4) is 11.3 Å². The fraction of sp³-hybridized carbons (Fsp3) is 0.0625. The molecule has 1 aliphatic heterocycles. The van der Waals surface area contributed by atoms with Gasteiger partial charge in [-0.2, -0.15) is 0 Å². The normalized spacial score (nSPS) is 13.6. The SMILES string of the molecule is O=C1Cc2c([nH]c3ccc(I)cc23)-c2ccccc2N1. The van der Waals surface area contributed by atoms with E-state index in [0.717, 1.165) is 33.4 Å². The zero-order valence-electron chi connectivity index (χ0n) is 10.5. The number of para-hydroxylation sites is 1. The lowest BCUT2D eigenvalue weighted by molar-refractivity contribution is -0.115. The largest absolute Gasteiger partial charge is 0.354 e. The van der Waals surface area contributed by atoms with Crippen LogP contribution in [0.3, 0.4) is 0 Å². The first-order chi connectivity index (χ1) is 9.72. The number of carbonyl (C=O) groups excluding carboxylic acids is 1. The molecule has 0 saturated heterocycles. The first-order valence-corrected chi connectivity index (χ1v) is 7.49. The first-order valence-electron chi connectivity index (χ1n) is 6.42. The van der Waals surface area contributed by atoms with Crippen molar-refractivity contribution in [1.29, 1.82) is 0 Å². The summed E-state index contributed by atoms with van der Waals surface area (Å²) in [4.78, 5) is 15.6. The molecule has 0 spiro atoms. The zero-order valence-corrected chi connectivity index (χ0v) is 12.7. The van der Waals surface area contributed by atoms with Gasteiger partial charge in [-0.1, -0.05) is 18.2 Å². The molecule has 2 aromatic carbocycles. The van der Waals surface area contributed by atoms with E-state index in [1.54, 1.807) is 0 Å². The third-order valence-corrected chi connectivity index (χ3v) is 4.35. The van der Waals surface area contributed by atoms with E-state index >= 15 is 0 Å². The third-order valence-electron chi connectivity index (χ3n) is 3.68. The predicted molar refractivity (Wildman–Crippen MR) is 88.8 cm³/mol. The van der Waals surface area contributed by atoms with Gasteiger partial charge in [-0.25, -0.2) is 0 Å². The van der Waals surface area contributed by atoms with E-state index in [0.29, 0.717) is 6.42 Å². The van der Waals surface area contributed by atoms with Crippen LogP contribution in [0.5, 0.6) is 0 Å². The predicted octanol–water partition coefficient (Wildman–Crippen LogP) is 3.93. The van der Waals surface area contributed by atoms with Gasteiger partial charge in [-0.15, -0.1) is 0 Å². The number of rotatable bonds is 0. The van der Waals surface area contributed by atoms with Crippen molar-refractivity contribution in [3.05, 3.63) is 51.6 Å². The van der Waals surface area contributed by atoms with Gasteiger partial charge < -0.3 is 10.3 Å². The van der Waals surface area contributed by atoms with Crippen LogP contribution in [-0.2, 0) is 11.2 Å². The first kappa shape index (κ1) is 12.0. The maximum absolute atomic E-state index is 12.1. The van der Waals surface area contributed by atoms with Gasteiger partial charge in [0.05, 0.1) is 17.8 Å². The topological polar surface area (TPSA) is 44.9 Å². The number of carbonyl (C=O) groups is 1. The minimum absolute atomic E-state index is 0.0379. The lowest BCUT2D eigenvalue weighted by atomic mass is 10.0. The maximum Gasteiger partial charge on any atom is 0.228 e. The van der Waals surface area contributed by atoms with Crippen molar-refractivity contribution in [2.45, 2.75) is 6.42 Å². The summed E-state index contributed by atoms with van der Waals surface area (Å²) in [6.45, 7) is 0. The summed E-state index contributed by atoms with van der Waals surface area (Å²) in [5.74, 6) is 0.0379. The number of nitrogens with one attached hydrogen (secondary N) is 2. The Morgan fingerprint density at radius 2 is 1.95 bits per heavy atom. The summed E-state index contributed by atoms with van der Waals surface area (Å²) in [7, 11) is 0. The molecule has 1 aliphatic rings. The number of benzene rings is 2. The van der Waals surface area contributed by atoms with E-state index in [1.165, 1.54) is 3.57 Å². The second-order valence-corrected chi connectivity index (χ2v) is 6.18. The summed E-state index contributed by atoms with van der Waals surface area (Å²) in [5.41, 5.74) is 5.15. The summed E-state index contributed by atoms with van der Waals surface area (Å²) in [5, 5.41) is 4.11. The van der Waals surface area contributed by atoms with Gasteiger partial charge in [0.15, 0.2) is 0 Å². The molecular weight excluding hydrogens is 363 g/mol. The molecular formula is C16H11IN2O. The van der Waals surface area contributed by atoms with Gasteiger partial charge in [0, 0.05) is 20.0 Å². The minimum atomic E-state index is 0.0379. The molecule has 0 aliphatic carbocycles. The van der Waals surface area contributed by atoms with Gasteiger partial charge in [0.25, 0.3) is 0 Å². The van der Waals surface area contributed by atoms with E-state index in [1.807, 2.05) is 24.3 Å². The van der Waals surface area contributed by atoms with Crippen LogP contribution in [0.2, 0.25) is 0 Å². The standard InChI is InChI=1S/C16H11IN2O/c17-9-5-6-14-11(7-9)12-8-15(20)18-13-4-2-1-3-10(13)16(12)19-14/h1-7,19H,8H2,(H,18,20). The Kier molecular flexibility index (Phi) is 2.60. The number of hydrogen-bond donors (Lipinski definition) is 2. The highest BCUT2D eigenvalue weighted by molar-refractivity contribution is 14.1. The number of H-pyrrole nitrogens is 1. The van der Waals surface area contributed by atoms with E-state index < -0.39 is 0 Å². The molecule has 1 aromatic heterocycles. The van der Waals surface area contributed by atoms with Crippen LogP contribution in [0.4, 0.5) is 5.69 Å². The quantitative estimate of drug-likeness (QED) is 0.576. The van der Waals surface area contributed by atoms with Crippen molar-refractivity contribution in [3.63, 3.8) is 0 Å². The number of aromatic nitrogens is 1. The average Bonchev–Trinajstić information content (AvgIpc) is 2.70. The Morgan fingerprint density at radius 3 is 2.85 bits per heavy atom. The van der Waals surface area contributed by atoms with Crippen molar-refractivity contribution < 1.29 is 4.79 Å². The number of fused-ring (bicyclic) bond motifs is 5. The van der Waals surface area contributed by atoms with E-state index in [2.05, 4.69) is 51.1 Å². The molecule has 0 fully saturated rings. The van der Waals surface area contributed by atoms with Crippen molar-refractivity contribution in [1.82, 2.24) is 4.98 Å². The molecule has 0 saturated carbocycles. The molecule has 2 heterocycles. The van der Waals surface area contributed by atoms with Gasteiger partial charge in [0.1, 0.15) is 0 Å². The number of hydrogen-bond acceptors (Lipinski definition) is 1. The highest BCUT2D eigenvalue weighted by atomic mass is 127. The molecule has 20 heavy (non-hydrogen) atoms. The smallest absolute Gasteiger partial charge is 0.228 e. The number of halogens is 1. The van der Waals surface area contributed by atoms with E-state index in [9.17, 15) is 4.79 Å². The van der Waals surface area contributed by atoms with Crippen LogP contribution >= 0.6 is 22.6 Å². The highest BCUT2D eigenvalue weighted by Gasteiger charge is 2.22. The van der Waals surface area contributed by atoms with E-state index in [-0.39, 0.29) is 5.91 Å². The van der Waals surface area contributed by atoms with Crippen LogP contribution < -0.4 is 5.32 Å². The average molecular weight is 374 g/mol. The Balaban J connectivity index is 2.10. The summed E-state index contributed by atoms with van der Waals surface area (Å²) in [6.07, 6.45) is 0.407. The lowest BCUT2D eigenvalue weighted by Crippen LogP contribution is -2.12. The fourth-order valence-corrected chi connectivity index (χ4v) is 3.29. The van der Waals surface area contributed by atoms with Crippen LogP contribution in [0.1, 0.15) is 5.56 Å². The van der Waals surface area contributed by atoms with Crippen molar-refractivity contribution >= 4 is 45.1 Å². The van der Waals surface area contributed by atoms with Gasteiger partial charge in [-0.3, -0.25) is 4.79 Å². The van der Waals surface area contributed by atoms with Crippen LogP contribution in [0.25, 0.3) is 22.2 Å². The molecule has 2 N–H and O–H groups in total. The third kappa shape index (κ3) is 1.75. The Bertz CT molecular complexity index is 851. The molecule has 3 aromatic rings. The Labute approximate surface area is 129 Å². The Hall–Kier alpha value is -1.82. The van der Waals surface area contributed by atoms with Gasteiger partial charge >= 0.3 is 0 Å². The zero-order chi connectivity index (χ0) is 13.7.